The van der Waals surface area contributed by atoms with Crippen LogP contribution in [0.3, 0.4) is 0 Å². The zero-order valence-corrected chi connectivity index (χ0v) is 12.7. The summed E-state index contributed by atoms with van der Waals surface area (Å²) in [6, 6.07) is 10.3. The molecule has 0 amide bonds. The lowest BCUT2D eigenvalue weighted by molar-refractivity contribution is 0.619. The molecule has 2 rings (SSSR count). The van der Waals surface area contributed by atoms with Crippen LogP contribution >= 0.6 is 23.8 Å². The summed E-state index contributed by atoms with van der Waals surface area (Å²) in [4.78, 5) is 0. The highest BCUT2D eigenvalue weighted by Gasteiger charge is 2.04. The molecule has 2 N–H and O–H groups in total. The number of halogens is 2. The maximum absolute atomic E-state index is 13.2. The van der Waals surface area contributed by atoms with Crippen molar-refractivity contribution in [1.82, 2.24) is 0 Å². The normalized spacial score (nSPS) is 10.2. The molecule has 0 spiro atoms. The van der Waals surface area contributed by atoms with Crippen LogP contribution in [0.15, 0.2) is 36.4 Å². The van der Waals surface area contributed by atoms with Crippen molar-refractivity contribution < 1.29 is 4.39 Å². The molecule has 0 atom stereocenters. The third-order valence-electron chi connectivity index (χ3n) is 2.86. The zero-order chi connectivity index (χ0) is 14.7. The SMILES string of the molecule is Cc1cc(NC(=S)Nc2cc(Cl)ccc2C)ccc1F. The summed E-state index contributed by atoms with van der Waals surface area (Å²) in [7, 11) is 0. The first-order valence-corrected chi connectivity index (χ1v) is 6.84. The molecule has 0 aromatic heterocycles. The lowest BCUT2D eigenvalue weighted by atomic mass is 10.2. The predicted octanol–water partition coefficient (Wildman–Crippen LogP) is 4.90. The maximum Gasteiger partial charge on any atom is 0.175 e. The van der Waals surface area contributed by atoms with Gasteiger partial charge in [0.05, 0.1) is 0 Å². The summed E-state index contributed by atoms with van der Waals surface area (Å²) in [5, 5.41) is 7.16. The van der Waals surface area contributed by atoms with Crippen molar-refractivity contribution in [2.75, 3.05) is 10.6 Å². The molecule has 0 saturated heterocycles. The summed E-state index contributed by atoms with van der Waals surface area (Å²) in [6.45, 7) is 3.67. The summed E-state index contributed by atoms with van der Waals surface area (Å²) in [6.07, 6.45) is 0. The number of hydrogen-bond donors (Lipinski definition) is 2. The van der Waals surface area contributed by atoms with E-state index in [9.17, 15) is 4.39 Å². The van der Waals surface area contributed by atoms with Gasteiger partial charge in [0.1, 0.15) is 5.82 Å². The van der Waals surface area contributed by atoms with Crippen LogP contribution in [0, 0.1) is 19.7 Å². The van der Waals surface area contributed by atoms with Gasteiger partial charge in [0, 0.05) is 16.4 Å². The third kappa shape index (κ3) is 3.68. The maximum atomic E-state index is 13.2. The molecule has 0 bridgehead atoms. The molecule has 5 heteroatoms. The molecule has 2 aromatic rings. The van der Waals surface area contributed by atoms with Crippen molar-refractivity contribution in [2.24, 2.45) is 0 Å². The second-order valence-corrected chi connectivity index (χ2v) is 5.35. The number of rotatable bonds is 2. The van der Waals surface area contributed by atoms with Crippen molar-refractivity contribution in [3.8, 4) is 0 Å². The van der Waals surface area contributed by atoms with Crippen LogP contribution in [0.1, 0.15) is 11.1 Å². The molecular weight excluding hydrogens is 295 g/mol. The monoisotopic (exact) mass is 308 g/mol. The van der Waals surface area contributed by atoms with Gasteiger partial charge in [-0.25, -0.2) is 4.39 Å². The van der Waals surface area contributed by atoms with Gasteiger partial charge >= 0.3 is 0 Å². The highest BCUT2D eigenvalue weighted by atomic mass is 35.5. The van der Waals surface area contributed by atoms with E-state index in [-0.39, 0.29) is 5.82 Å². The molecule has 0 aliphatic carbocycles. The van der Waals surface area contributed by atoms with E-state index in [2.05, 4.69) is 10.6 Å². The van der Waals surface area contributed by atoms with Crippen LogP contribution in [-0.4, -0.2) is 5.11 Å². The largest absolute Gasteiger partial charge is 0.332 e. The van der Waals surface area contributed by atoms with Crippen LogP contribution in [0.2, 0.25) is 5.02 Å². The molecule has 0 aliphatic rings. The van der Waals surface area contributed by atoms with Crippen LogP contribution < -0.4 is 10.6 Å². The lowest BCUT2D eigenvalue weighted by Gasteiger charge is -2.13. The van der Waals surface area contributed by atoms with Crippen LogP contribution in [0.5, 0.6) is 0 Å². The minimum atomic E-state index is -0.236. The Hall–Kier alpha value is -1.65. The molecule has 0 heterocycles. The standard InChI is InChI=1S/C15H14ClFN2S/c1-9-3-4-11(16)8-14(9)19-15(20)18-12-5-6-13(17)10(2)7-12/h3-8H,1-2H3,(H2,18,19,20). The van der Waals surface area contributed by atoms with Crippen molar-refractivity contribution >= 4 is 40.3 Å². The van der Waals surface area contributed by atoms with E-state index >= 15 is 0 Å². The number of anilines is 2. The highest BCUT2D eigenvalue weighted by molar-refractivity contribution is 7.80. The first-order chi connectivity index (χ1) is 9.45. The van der Waals surface area contributed by atoms with Gasteiger partial charge < -0.3 is 10.6 Å². The Kier molecular flexibility index (Phi) is 4.57. The van der Waals surface area contributed by atoms with Crippen LogP contribution in [-0.2, 0) is 0 Å². The molecule has 0 aliphatic heterocycles. The van der Waals surface area contributed by atoms with E-state index in [0.717, 1.165) is 16.9 Å². The number of aryl methyl sites for hydroxylation is 2. The zero-order valence-electron chi connectivity index (χ0n) is 11.1. The summed E-state index contributed by atoms with van der Waals surface area (Å²) < 4.78 is 13.2. The molecular formula is C15H14ClFN2S. The van der Waals surface area contributed by atoms with Crippen molar-refractivity contribution in [3.63, 3.8) is 0 Å². The summed E-state index contributed by atoms with van der Waals surface area (Å²) >= 11 is 11.2. The van der Waals surface area contributed by atoms with Gasteiger partial charge in [-0.3, -0.25) is 0 Å². The lowest BCUT2D eigenvalue weighted by Crippen LogP contribution is -2.19. The minimum absolute atomic E-state index is 0.236. The first-order valence-electron chi connectivity index (χ1n) is 6.06. The second-order valence-electron chi connectivity index (χ2n) is 4.50. The average Bonchev–Trinajstić information content (AvgIpc) is 2.38. The molecule has 2 nitrogen and oxygen atoms in total. The number of benzene rings is 2. The molecule has 0 unspecified atom stereocenters. The van der Waals surface area contributed by atoms with Gasteiger partial charge in [0.15, 0.2) is 5.11 Å². The molecule has 20 heavy (non-hydrogen) atoms. The van der Waals surface area contributed by atoms with Gasteiger partial charge in [0.2, 0.25) is 0 Å². The van der Waals surface area contributed by atoms with Crippen molar-refractivity contribution in [3.05, 3.63) is 58.4 Å². The van der Waals surface area contributed by atoms with Crippen molar-refractivity contribution in [1.29, 1.82) is 0 Å². The molecule has 0 saturated carbocycles. The number of hydrogen-bond acceptors (Lipinski definition) is 1. The smallest absolute Gasteiger partial charge is 0.175 e. The Morgan fingerprint density at radius 2 is 1.80 bits per heavy atom. The summed E-state index contributed by atoms with van der Waals surface area (Å²) in [5.41, 5.74) is 3.18. The van der Waals surface area contributed by atoms with E-state index < -0.39 is 0 Å². The first kappa shape index (κ1) is 14.8. The average molecular weight is 309 g/mol. The fraction of sp³-hybridized carbons (Fsp3) is 0.133. The second kappa shape index (κ2) is 6.20. The predicted molar refractivity (Wildman–Crippen MR) is 87.2 cm³/mol. The quantitative estimate of drug-likeness (QED) is 0.771. The Morgan fingerprint density at radius 1 is 1.05 bits per heavy atom. The number of thiocarbonyl (C=S) groups is 1. The van der Waals surface area contributed by atoms with Gasteiger partial charge in [0.25, 0.3) is 0 Å². The van der Waals surface area contributed by atoms with E-state index in [1.54, 1.807) is 25.1 Å². The Balaban J connectivity index is 2.09. The molecule has 0 radical (unpaired) electrons. The fourth-order valence-electron chi connectivity index (χ4n) is 1.74. The molecule has 2 aromatic carbocycles. The molecule has 104 valence electrons. The number of nitrogens with one attached hydrogen (secondary N) is 2. The van der Waals surface area contributed by atoms with E-state index in [1.807, 2.05) is 19.1 Å². The van der Waals surface area contributed by atoms with Gasteiger partial charge in [-0.15, -0.1) is 0 Å². The van der Waals surface area contributed by atoms with Crippen LogP contribution in [0.25, 0.3) is 0 Å². The topological polar surface area (TPSA) is 24.1 Å². The van der Waals surface area contributed by atoms with Gasteiger partial charge in [-0.1, -0.05) is 17.7 Å². The van der Waals surface area contributed by atoms with Crippen LogP contribution in [0.4, 0.5) is 15.8 Å². The molecule has 0 fully saturated rings. The highest BCUT2D eigenvalue weighted by Crippen LogP contribution is 2.21. The van der Waals surface area contributed by atoms with Gasteiger partial charge in [-0.05, 0) is 67.5 Å². The summed E-state index contributed by atoms with van der Waals surface area (Å²) in [5.74, 6) is -0.236. The van der Waals surface area contributed by atoms with Crippen molar-refractivity contribution in [2.45, 2.75) is 13.8 Å². The van der Waals surface area contributed by atoms with E-state index in [1.165, 1.54) is 6.07 Å². The Bertz CT molecular complexity index is 658. The van der Waals surface area contributed by atoms with E-state index in [4.69, 9.17) is 23.8 Å². The Morgan fingerprint density at radius 3 is 2.50 bits per heavy atom. The Labute approximate surface area is 128 Å². The fourth-order valence-corrected chi connectivity index (χ4v) is 2.14. The van der Waals surface area contributed by atoms with E-state index in [0.29, 0.717) is 15.7 Å². The van der Waals surface area contributed by atoms with Gasteiger partial charge in [-0.2, -0.15) is 0 Å². The minimum Gasteiger partial charge on any atom is -0.332 e. The third-order valence-corrected chi connectivity index (χ3v) is 3.30.